The maximum absolute atomic E-state index is 5.80. The zero-order valence-electron chi connectivity index (χ0n) is 12.5. The Morgan fingerprint density at radius 1 is 1.14 bits per heavy atom. The van der Waals surface area contributed by atoms with Crippen molar-refractivity contribution in [1.29, 1.82) is 0 Å². The molecule has 0 amide bonds. The van der Waals surface area contributed by atoms with E-state index in [-0.39, 0.29) is 0 Å². The second-order valence-corrected chi connectivity index (χ2v) is 5.99. The number of halogens is 2. The Morgan fingerprint density at radius 2 is 1.81 bits per heavy atom. The third-order valence-corrected chi connectivity index (χ3v) is 4.72. The highest BCUT2D eigenvalue weighted by Crippen LogP contribution is 2.22. The first kappa shape index (κ1) is 16.5. The summed E-state index contributed by atoms with van der Waals surface area (Å²) in [5.41, 5.74) is 4.75. The van der Waals surface area contributed by atoms with Crippen LogP contribution in [-0.4, -0.2) is 9.78 Å². The molecule has 21 heavy (non-hydrogen) atoms. The van der Waals surface area contributed by atoms with E-state index in [1.807, 2.05) is 0 Å². The van der Waals surface area contributed by atoms with Gasteiger partial charge in [0.1, 0.15) is 0 Å². The van der Waals surface area contributed by atoms with Crippen molar-refractivity contribution >= 4 is 27.5 Å². The van der Waals surface area contributed by atoms with Crippen molar-refractivity contribution in [3.8, 4) is 0 Å². The molecule has 3 nitrogen and oxygen atoms in total. The van der Waals surface area contributed by atoms with Crippen molar-refractivity contribution < 1.29 is 0 Å². The molecule has 0 radical (unpaired) electrons. The largest absolute Gasteiger partial charge is 0.307 e. The van der Waals surface area contributed by atoms with Crippen molar-refractivity contribution in [3.05, 3.63) is 51.3 Å². The average Bonchev–Trinajstić information content (AvgIpc) is 2.84. The van der Waals surface area contributed by atoms with Crippen molar-refractivity contribution in [3.63, 3.8) is 0 Å². The first-order valence-electron chi connectivity index (χ1n) is 7.28. The Kier molecular flexibility index (Phi) is 6.27. The molecule has 0 saturated heterocycles. The molecular weight excluding hydrogens is 350 g/mol. The number of nitrogens with one attached hydrogen (secondary N) is 1. The lowest BCUT2D eigenvalue weighted by atomic mass is 10.1. The van der Waals surface area contributed by atoms with Gasteiger partial charge >= 0.3 is 0 Å². The lowest BCUT2D eigenvalue weighted by Crippen LogP contribution is -2.16. The maximum Gasteiger partial charge on any atom is 0.0767 e. The highest BCUT2D eigenvalue weighted by Gasteiger charge is 2.13. The molecule has 0 spiro atoms. The van der Waals surface area contributed by atoms with Gasteiger partial charge in [0.05, 0.1) is 15.9 Å². The molecule has 0 saturated carbocycles. The molecule has 1 heterocycles. The number of alkyl halides is 1. The van der Waals surface area contributed by atoms with Crippen LogP contribution >= 0.6 is 27.5 Å². The number of benzene rings is 1. The molecule has 1 N–H and O–H groups in total. The second kappa shape index (κ2) is 7.97. The Morgan fingerprint density at radius 3 is 2.38 bits per heavy atom. The summed E-state index contributed by atoms with van der Waals surface area (Å²) in [6, 6.07) is 8.39. The summed E-state index contributed by atoms with van der Waals surface area (Å²) >= 11 is 9.47. The van der Waals surface area contributed by atoms with E-state index in [1.165, 1.54) is 11.3 Å². The van der Waals surface area contributed by atoms with Crippen LogP contribution in [0.15, 0.2) is 28.7 Å². The average molecular weight is 371 g/mol. The fraction of sp³-hybridized carbons (Fsp3) is 0.438. The molecule has 1 aromatic heterocycles. The number of hydrogen-bond donors (Lipinski definition) is 1. The topological polar surface area (TPSA) is 29.9 Å². The summed E-state index contributed by atoms with van der Waals surface area (Å²) < 4.78 is 3.20. The standard InChI is InChI=1S/C16H21BrClN3/c1-3-14-16(17)15(21(4-2)20-14)11-19-10-13-7-5-12(9-18)6-8-13/h5-8,19H,3-4,9-11H2,1-2H3. The Bertz CT molecular complexity index is 578. The van der Waals surface area contributed by atoms with E-state index < -0.39 is 0 Å². The zero-order valence-corrected chi connectivity index (χ0v) is 14.8. The molecule has 5 heteroatoms. The molecule has 0 aliphatic heterocycles. The second-order valence-electron chi connectivity index (χ2n) is 4.93. The van der Waals surface area contributed by atoms with Gasteiger partial charge in [0.15, 0.2) is 0 Å². The lowest BCUT2D eigenvalue weighted by molar-refractivity contribution is 0.576. The minimum atomic E-state index is 0.566. The van der Waals surface area contributed by atoms with Crippen LogP contribution in [0.25, 0.3) is 0 Å². The number of hydrogen-bond acceptors (Lipinski definition) is 2. The van der Waals surface area contributed by atoms with Gasteiger partial charge in [0, 0.05) is 25.5 Å². The van der Waals surface area contributed by atoms with Gasteiger partial charge in [0.25, 0.3) is 0 Å². The predicted octanol–water partition coefficient (Wildman–Crippen LogP) is 4.26. The number of nitrogens with zero attached hydrogens (tertiary/aromatic N) is 2. The van der Waals surface area contributed by atoms with E-state index in [1.54, 1.807) is 0 Å². The third-order valence-electron chi connectivity index (χ3n) is 3.49. The van der Waals surface area contributed by atoms with Crippen LogP contribution in [0.2, 0.25) is 0 Å². The number of aromatic nitrogens is 2. The fourth-order valence-electron chi connectivity index (χ4n) is 2.26. The quantitative estimate of drug-likeness (QED) is 0.738. The molecule has 0 atom stereocenters. The van der Waals surface area contributed by atoms with E-state index in [0.29, 0.717) is 5.88 Å². The van der Waals surface area contributed by atoms with Gasteiger partial charge in [-0.3, -0.25) is 4.68 Å². The van der Waals surface area contributed by atoms with Crippen molar-refractivity contribution in [2.45, 2.75) is 45.8 Å². The Labute approximate surface area is 139 Å². The Balaban J connectivity index is 1.97. The molecular formula is C16H21BrClN3. The van der Waals surface area contributed by atoms with Gasteiger partial charge in [-0.25, -0.2) is 0 Å². The maximum atomic E-state index is 5.80. The first-order valence-corrected chi connectivity index (χ1v) is 8.60. The van der Waals surface area contributed by atoms with Crippen molar-refractivity contribution in [2.75, 3.05) is 0 Å². The predicted molar refractivity (Wildman–Crippen MR) is 91.5 cm³/mol. The third kappa shape index (κ3) is 4.09. The van der Waals surface area contributed by atoms with Gasteiger partial charge in [-0.15, -0.1) is 11.6 Å². The molecule has 0 unspecified atom stereocenters. The highest BCUT2D eigenvalue weighted by atomic mass is 79.9. The minimum absolute atomic E-state index is 0.566. The van der Waals surface area contributed by atoms with Crippen LogP contribution < -0.4 is 5.32 Å². The SMILES string of the molecule is CCc1nn(CC)c(CNCc2ccc(CCl)cc2)c1Br. The number of rotatable bonds is 7. The monoisotopic (exact) mass is 369 g/mol. The summed E-state index contributed by atoms with van der Waals surface area (Å²) in [7, 11) is 0. The summed E-state index contributed by atoms with van der Waals surface area (Å²) in [6.45, 7) is 6.78. The lowest BCUT2D eigenvalue weighted by Gasteiger charge is -2.08. The van der Waals surface area contributed by atoms with E-state index in [4.69, 9.17) is 11.6 Å². The smallest absolute Gasteiger partial charge is 0.0767 e. The molecule has 0 bridgehead atoms. The van der Waals surface area contributed by atoms with Gasteiger partial charge in [0.2, 0.25) is 0 Å². The summed E-state index contributed by atoms with van der Waals surface area (Å²) in [5.74, 6) is 0.566. The van der Waals surface area contributed by atoms with Crippen LogP contribution in [0, 0.1) is 0 Å². The summed E-state index contributed by atoms with van der Waals surface area (Å²) in [4.78, 5) is 0. The van der Waals surface area contributed by atoms with Crippen LogP contribution in [-0.2, 0) is 31.9 Å². The van der Waals surface area contributed by atoms with Crippen molar-refractivity contribution in [2.24, 2.45) is 0 Å². The van der Waals surface area contributed by atoms with Crippen LogP contribution in [0.5, 0.6) is 0 Å². The highest BCUT2D eigenvalue weighted by molar-refractivity contribution is 9.10. The molecule has 2 aromatic rings. The molecule has 2 rings (SSSR count). The van der Waals surface area contributed by atoms with Crippen LogP contribution in [0.1, 0.15) is 36.4 Å². The van der Waals surface area contributed by atoms with Crippen LogP contribution in [0.3, 0.4) is 0 Å². The first-order chi connectivity index (χ1) is 10.2. The van der Waals surface area contributed by atoms with Gasteiger partial charge in [-0.1, -0.05) is 31.2 Å². The van der Waals surface area contributed by atoms with Gasteiger partial charge in [-0.05, 0) is 40.4 Å². The molecule has 0 aliphatic carbocycles. The summed E-state index contributed by atoms with van der Waals surface area (Å²) in [5, 5.41) is 8.09. The van der Waals surface area contributed by atoms with Gasteiger partial charge < -0.3 is 5.32 Å². The molecule has 0 aliphatic rings. The van der Waals surface area contributed by atoms with Crippen molar-refractivity contribution in [1.82, 2.24) is 15.1 Å². The molecule has 1 aromatic carbocycles. The van der Waals surface area contributed by atoms with Gasteiger partial charge in [-0.2, -0.15) is 5.10 Å². The zero-order chi connectivity index (χ0) is 15.2. The van der Waals surface area contributed by atoms with E-state index in [9.17, 15) is 0 Å². The molecule has 0 fully saturated rings. The Hall–Kier alpha value is -0.840. The molecule has 114 valence electrons. The van der Waals surface area contributed by atoms with E-state index in [2.05, 4.69) is 69.1 Å². The fourth-order valence-corrected chi connectivity index (χ4v) is 3.14. The summed E-state index contributed by atoms with van der Waals surface area (Å²) in [6.07, 6.45) is 0.945. The van der Waals surface area contributed by atoms with E-state index >= 15 is 0 Å². The van der Waals surface area contributed by atoms with Crippen LogP contribution in [0.4, 0.5) is 0 Å². The number of aryl methyl sites for hydroxylation is 2. The normalized spacial score (nSPS) is 11.0. The minimum Gasteiger partial charge on any atom is -0.307 e. The van der Waals surface area contributed by atoms with E-state index in [0.717, 1.165) is 41.8 Å².